The Morgan fingerprint density at radius 3 is 2.74 bits per heavy atom. The zero-order valence-electron chi connectivity index (χ0n) is 14.9. The van der Waals surface area contributed by atoms with Crippen LogP contribution in [-0.4, -0.2) is 43.0 Å². The quantitative estimate of drug-likeness (QED) is 0.804. The normalized spacial score (nSPS) is 16.7. The van der Waals surface area contributed by atoms with E-state index in [0.29, 0.717) is 37.6 Å². The van der Waals surface area contributed by atoms with Gasteiger partial charge in [0.1, 0.15) is 24.2 Å². The van der Waals surface area contributed by atoms with E-state index in [9.17, 15) is 14.0 Å². The van der Waals surface area contributed by atoms with Crippen molar-refractivity contribution in [2.45, 2.75) is 12.5 Å². The maximum Gasteiger partial charge on any atom is 0.247 e. The first kappa shape index (κ1) is 18.8. The minimum Gasteiger partial charge on any atom is -0.492 e. The minimum atomic E-state index is -0.825. The van der Waals surface area contributed by atoms with Crippen LogP contribution >= 0.6 is 0 Å². The van der Waals surface area contributed by atoms with E-state index < -0.39 is 11.9 Å². The molecular formula is C20H22FN3O3. The highest BCUT2D eigenvalue weighted by Crippen LogP contribution is 2.25. The molecule has 3 rings (SSSR count). The number of hydrogen-bond acceptors (Lipinski definition) is 4. The van der Waals surface area contributed by atoms with Crippen LogP contribution in [-0.2, 0) is 16.0 Å². The average Bonchev–Trinajstić information content (AvgIpc) is 2.67. The van der Waals surface area contributed by atoms with Crippen molar-refractivity contribution in [3.8, 4) is 5.75 Å². The molecule has 0 radical (unpaired) electrons. The summed E-state index contributed by atoms with van der Waals surface area (Å²) in [4.78, 5) is 26.7. The molecule has 2 amide bonds. The third-order valence-electron chi connectivity index (χ3n) is 4.36. The lowest BCUT2D eigenvalue weighted by molar-refractivity contribution is -0.143. The van der Waals surface area contributed by atoms with Gasteiger partial charge in [-0.1, -0.05) is 24.3 Å². The summed E-state index contributed by atoms with van der Waals surface area (Å²) in [5.74, 6) is -0.238. The Morgan fingerprint density at radius 2 is 2.04 bits per heavy atom. The standard InChI is InChI=1S/C20H22FN3O3/c21-16-3-1-2-15(13-16)19-20(26)23-9-10-24(19)18(25)12-14-4-6-17(7-5-14)27-11-8-22/h1-7,13,19H,8-12,22H2,(H,23,26)/t19-/m1/s1. The highest BCUT2D eigenvalue weighted by Gasteiger charge is 2.34. The fourth-order valence-corrected chi connectivity index (χ4v) is 3.10. The third-order valence-corrected chi connectivity index (χ3v) is 4.36. The molecule has 1 saturated heterocycles. The number of benzene rings is 2. The fourth-order valence-electron chi connectivity index (χ4n) is 3.10. The van der Waals surface area contributed by atoms with Gasteiger partial charge in [0.25, 0.3) is 0 Å². The number of halogens is 1. The number of hydrogen-bond donors (Lipinski definition) is 2. The molecular weight excluding hydrogens is 349 g/mol. The van der Waals surface area contributed by atoms with Gasteiger partial charge in [-0.25, -0.2) is 4.39 Å². The number of carbonyl (C=O) groups excluding carboxylic acids is 2. The lowest BCUT2D eigenvalue weighted by atomic mass is 10.0. The largest absolute Gasteiger partial charge is 0.492 e. The zero-order chi connectivity index (χ0) is 19.2. The lowest BCUT2D eigenvalue weighted by Crippen LogP contribution is -2.52. The molecule has 1 heterocycles. The summed E-state index contributed by atoms with van der Waals surface area (Å²) in [6.45, 7) is 1.61. The van der Waals surface area contributed by atoms with Crippen LogP contribution in [0.1, 0.15) is 17.2 Å². The molecule has 7 heteroatoms. The van der Waals surface area contributed by atoms with Crippen molar-refractivity contribution in [1.82, 2.24) is 10.2 Å². The van der Waals surface area contributed by atoms with Gasteiger partial charge < -0.3 is 20.7 Å². The number of piperazine rings is 1. The summed E-state index contributed by atoms with van der Waals surface area (Å²) in [5, 5.41) is 2.74. The Morgan fingerprint density at radius 1 is 1.26 bits per heavy atom. The number of ether oxygens (including phenoxy) is 1. The van der Waals surface area contributed by atoms with E-state index in [1.807, 2.05) is 12.1 Å². The van der Waals surface area contributed by atoms with Gasteiger partial charge in [-0.05, 0) is 35.4 Å². The summed E-state index contributed by atoms with van der Waals surface area (Å²) < 4.78 is 19.0. The van der Waals surface area contributed by atoms with E-state index in [2.05, 4.69) is 5.32 Å². The predicted octanol–water partition coefficient (Wildman–Crippen LogP) is 1.41. The molecule has 0 bridgehead atoms. The second kappa shape index (κ2) is 8.64. The molecule has 0 aliphatic carbocycles. The SMILES string of the molecule is NCCOc1ccc(CC(=O)N2CCNC(=O)[C@H]2c2cccc(F)c2)cc1. The Bertz CT molecular complexity index is 810. The minimum absolute atomic E-state index is 0.149. The van der Waals surface area contributed by atoms with E-state index >= 15 is 0 Å². The van der Waals surface area contributed by atoms with E-state index in [-0.39, 0.29) is 18.2 Å². The smallest absolute Gasteiger partial charge is 0.247 e. The van der Waals surface area contributed by atoms with Crippen LogP contribution in [0.15, 0.2) is 48.5 Å². The van der Waals surface area contributed by atoms with Crippen LogP contribution in [0.25, 0.3) is 0 Å². The second-order valence-electron chi connectivity index (χ2n) is 6.29. The summed E-state index contributed by atoms with van der Waals surface area (Å²) in [5.41, 5.74) is 6.68. The van der Waals surface area contributed by atoms with Crippen molar-refractivity contribution >= 4 is 11.8 Å². The molecule has 0 aromatic heterocycles. The number of carbonyl (C=O) groups is 2. The molecule has 27 heavy (non-hydrogen) atoms. The van der Waals surface area contributed by atoms with Crippen LogP contribution in [0.2, 0.25) is 0 Å². The predicted molar refractivity (Wildman–Crippen MR) is 98.6 cm³/mol. The first-order valence-corrected chi connectivity index (χ1v) is 8.83. The molecule has 0 spiro atoms. The summed E-state index contributed by atoms with van der Waals surface area (Å²) in [7, 11) is 0. The van der Waals surface area contributed by atoms with Crippen molar-refractivity contribution < 1.29 is 18.7 Å². The van der Waals surface area contributed by atoms with E-state index in [0.717, 1.165) is 5.56 Å². The maximum atomic E-state index is 13.6. The third kappa shape index (κ3) is 4.62. The molecule has 0 saturated carbocycles. The summed E-state index contributed by atoms with van der Waals surface area (Å²) >= 11 is 0. The van der Waals surface area contributed by atoms with Crippen LogP contribution in [0.5, 0.6) is 5.75 Å². The Balaban J connectivity index is 1.74. The molecule has 1 aliphatic heterocycles. The van der Waals surface area contributed by atoms with Gasteiger partial charge in [0.15, 0.2) is 0 Å². The monoisotopic (exact) mass is 371 g/mol. The average molecular weight is 371 g/mol. The number of rotatable bonds is 6. The molecule has 3 N–H and O–H groups in total. The lowest BCUT2D eigenvalue weighted by Gasteiger charge is -2.35. The van der Waals surface area contributed by atoms with Crippen LogP contribution < -0.4 is 15.8 Å². The van der Waals surface area contributed by atoms with Gasteiger partial charge >= 0.3 is 0 Å². The number of nitrogens with zero attached hydrogens (tertiary/aromatic N) is 1. The molecule has 1 fully saturated rings. The van der Waals surface area contributed by atoms with E-state index in [4.69, 9.17) is 10.5 Å². The van der Waals surface area contributed by atoms with Crippen molar-refractivity contribution in [1.29, 1.82) is 0 Å². The molecule has 0 unspecified atom stereocenters. The van der Waals surface area contributed by atoms with E-state index in [1.54, 1.807) is 18.2 Å². The van der Waals surface area contributed by atoms with Gasteiger partial charge in [-0.2, -0.15) is 0 Å². The van der Waals surface area contributed by atoms with Crippen LogP contribution in [0.3, 0.4) is 0 Å². The number of nitrogens with two attached hydrogens (primary N) is 1. The van der Waals surface area contributed by atoms with Crippen LogP contribution in [0, 0.1) is 5.82 Å². The summed E-state index contributed by atoms with van der Waals surface area (Å²) in [6, 6.07) is 12.2. The van der Waals surface area contributed by atoms with Gasteiger partial charge in [-0.15, -0.1) is 0 Å². The first-order valence-electron chi connectivity index (χ1n) is 8.83. The van der Waals surface area contributed by atoms with Gasteiger partial charge in [-0.3, -0.25) is 9.59 Å². The molecule has 6 nitrogen and oxygen atoms in total. The Labute approximate surface area is 157 Å². The van der Waals surface area contributed by atoms with Gasteiger partial charge in [0.05, 0.1) is 6.42 Å². The van der Waals surface area contributed by atoms with E-state index in [1.165, 1.54) is 23.1 Å². The highest BCUT2D eigenvalue weighted by molar-refractivity contribution is 5.90. The van der Waals surface area contributed by atoms with Gasteiger partial charge in [0.2, 0.25) is 11.8 Å². The van der Waals surface area contributed by atoms with Gasteiger partial charge in [0, 0.05) is 19.6 Å². The Kier molecular flexibility index (Phi) is 6.03. The molecule has 2 aromatic carbocycles. The Hall–Kier alpha value is -2.93. The fraction of sp³-hybridized carbons (Fsp3) is 0.300. The highest BCUT2D eigenvalue weighted by atomic mass is 19.1. The zero-order valence-corrected chi connectivity index (χ0v) is 14.9. The molecule has 1 atom stereocenters. The topological polar surface area (TPSA) is 84.7 Å². The second-order valence-corrected chi connectivity index (χ2v) is 6.29. The number of amides is 2. The van der Waals surface area contributed by atoms with Crippen molar-refractivity contribution in [3.05, 3.63) is 65.5 Å². The molecule has 1 aliphatic rings. The summed E-state index contributed by atoms with van der Waals surface area (Å²) in [6.07, 6.45) is 0.149. The maximum absolute atomic E-state index is 13.6. The molecule has 2 aromatic rings. The van der Waals surface area contributed by atoms with Crippen molar-refractivity contribution in [2.24, 2.45) is 5.73 Å². The first-order chi connectivity index (χ1) is 13.1. The number of nitrogens with one attached hydrogen (secondary N) is 1. The van der Waals surface area contributed by atoms with Crippen LogP contribution in [0.4, 0.5) is 4.39 Å². The van der Waals surface area contributed by atoms with Crippen molar-refractivity contribution in [2.75, 3.05) is 26.2 Å². The molecule has 142 valence electrons. The van der Waals surface area contributed by atoms with Crippen molar-refractivity contribution in [3.63, 3.8) is 0 Å².